The van der Waals surface area contributed by atoms with Crippen molar-refractivity contribution in [3.8, 4) is 0 Å². The lowest BCUT2D eigenvalue weighted by molar-refractivity contribution is -0.115. The molecule has 0 fully saturated rings. The summed E-state index contributed by atoms with van der Waals surface area (Å²) in [5, 5.41) is 5.36. The van der Waals surface area contributed by atoms with Gasteiger partial charge in [-0.1, -0.05) is 0 Å². The van der Waals surface area contributed by atoms with E-state index in [-0.39, 0.29) is 29.6 Å². The largest absolute Gasteiger partial charge is 0.326 e. The minimum atomic E-state index is -3.78. The van der Waals surface area contributed by atoms with Crippen molar-refractivity contribution in [1.29, 1.82) is 0 Å². The lowest BCUT2D eigenvalue weighted by Gasteiger charge is -2.10. The average molecular weight is 343 g/mol. The Kier molecular flexibility index (Phi) is 3.10. The first kappa shape index (κ1) is 14.7. The molecular weight excluding hydrogens is 330 g/mol. The number of anilines is 3. The molecule has 3 N–H and O–H groups in total. The van der Waals surface area contributed by atoms with E-state index < -0.39 is 10.0 Å². The molecule has 2 aliphatic rings. The third kappa shape index (κ3) is 2.50. The molecule has 2 aromatic rings. The number of hydrogen-bond donors (Lipinski definition) is 3. The van der Waals surface area contributed by atoms with Crippen LogP contribution in [0.4, 0.5) is 17.1 Å². The van der Waals surface area contributed by atoms with Crippen LogP contribution in [-0.4, -0.2) is 20.2 Å². The van der Waals surface area contributed by atoms with Crippen molar-refractivity contribution in [3.05, 3.63) is 47.5 Å². The minimum absolute atomic E-state index is 0.0902. The second kappa shape index (κ2) is 5.07. The molecule has 0 spiro atoms. The molecule has 2 aromatic carbocycles. The zero-order chi connectivity index (χ0) is 16.9. The highest BCUT2D eigenvalue weighted by atomic mass is 32.2. The fourth-order valence-corrected chi connectivity index (χ4v) is 3.98. The van der Waals surface area contributed by atoms with Gasteiger partial charge in [-0.25, -0.2) is 8.42 Å². The van der Waals surface area contributed by atoms with Gasteiger partial charge in [-0.3, -0.25) is 14.3 Å². The number of hydrogen-bond acceptors (Lipinski definition) is 4. The van der Waals surface area contributed by atoms with Gasteiger partial charge in [0.2, 0.25) is 11.8 Å². The van der Waals surface area contributed by atoms with E-state index in [0.29, 0.717) is 22.6 Å². The summed E-state index contributed by atoms with van der Waals surface area (Å²) in [4.78, 5) is 22.8. The second-order valence-electron chi connectivity index (χ2n) is 5.75. The number of fused-ring (bicyclic) bond motifs is 2. The summed E-state index contributed by atoms with van der Waals surface area (Å²) in [6, 6.07) is 9.44. The Labute approximate surface area is 138 Å². The zero-order valence-electron chi connectivity index (χ0n) is 12.4. The standard InChI is InChI=1S/C16H13N3O4S/c20-15-7-9-5-11(1-3-13(9)17-15)19-24(22,23)12-2-4-14-10(6-12)8-16(21)18-14/h1-6,19H,7-8H2,(H,17,20)(H,18,21). The predicted molar refractivity (Wildman–Crippen MR) is 88.4 cm³/mol. The number of carbonyl (C=O) groups is 2. The van der Waals surface area contributed by atoms with Crippen LogP contribution in [0.1, 0.15) is 11.1 Å². The van der Waals surface area contributed by atoms with E-state index in [4.69, 9.17) is 0 Å². The van der Waals surface area contributed by atoms with E-state index in [2.05, 4.69) is 15.4 Å². The topological polar surface area (TPSA) is 104 Å². The number of carbonyl (C=O) groups excluding carboxylic acids is 2. The van der Waals surface area contributed by atoms with Crippen LogP contribution in [-0.2, 0) is 32.5 Å². The molecule has 0 aliphatic carbocycles. The molecule has 4 rings (SSSR count). The molecule has 0 aromatic heterocycles. The van der Waals surface area contributed by atoms with Crippen molar-refractivity contribution in [3.63, 3.8) is 0 Å². The lowest BCUT2D eigenvalue weighted by atomic mass is 10.1. The number of amides is 2. The average Bonchev–Trinajstić information content (AvgIpc) is 3.05. The number of benzene rings is 2. The summed E-state index contributed by atoms with van der Waals surface area (Å²) in [6.07, 6.45) is 0.406. The van der Waals surface area contributed by atoms with Crippen molar-refractivity contribution in [2.45, 2.75) is 17.7 Å². The molecule has 2 aliphatic heterocycles. The van der Waals surface area contributed by atoms with Crippen LogP contribution in [0.2, 0.25) is 0 Å². The van der Waals surface area contributed by atoms with E-state index in [1.807, 2.05) is 0 Å². The van der Waals surface area contributed by atoms with E-state index in [1.54, 1.807) is 24.3 Å². The van der Waals surface area contributed by atoms with Gasteiger partial charge in [0.05, 0.1) is 17.7 Å². The molecule has 8 heteroatoms. The van der Waals surface area contributed by atoms with Gasteiger partial charge in [-0.15, -0.1) is 0 Å². The Morgan fingerprint density at radius 2 is 1.42 bits per heavy atom. The van der Waals surface area contributed by atoms with Crippen LogP contribution in [0.15, 0.2) is 41.3 Å². The third-order valence-corrected chi connectivity index (χ3v) is 5.37. The zero-order valence-corrected chi connectivity index (χ0v) is 13.2. The van der Waals surface area contributed by atoms with E-state index >= 15 is 0 Å². The molecule has 122 valence electrons. The highest BCUT2D eigenvalue weighted by Gasteiger charge is 2.23. The van der Waals surface area contributed by atoms with Gasteiger partial charge in [-0.2, -0.15) is 0 Å². The Balaban J connectivity index is 1.63. The maximum Gasteiger partial charge on any atom is 0.261 e. The Hall–Kier alpha value is -2.87. The van der Waals surface area contributed by atoms with Crippen LogP contribution >= 0.6 is 0 Å². The summed E-state index contributed by atoms with van der Waals surface area (Å²) in [5.74, 6) is -0.260. The summed E-state index contributed by atoms with van der Waals surface area (Å²) in [7, 11) is -3.78. The van der Waals surface area contributed by atoms with Crippen LogP contribution in [0.3, 0.4) is 0 Å². The molecule has 7 nitrogen and oxygen atoms in total. The summed E-state index contributed by atoms with van der Waals surface area (Å²) < 4.78 is 27.6. The lowest BCUT2D eigenvalue weighted by Crippen LogP contribution is -2.13. The Morgan fingerprint density at radius 3 is 2.08 bits per heavy atom. The molecule has 2 heterocycles. The maximum atomic E-state index is 12.5. The predicted octanol–water partition coefficient (Wildman–Crippen LogP) is 1.48. The van der Waals surface area contributed by atoms with Gasteiger partial charge in [0.25, 0.3) is 10.0 Å². The van der Waals surface area contributed by atoms with Crippen LogP contribution in [0.5, 0.6) is 0 Å². The van der Waals surface area contributed by atoms with Gasteiger partial charge in [0.15, 0.2) is 0 Å². The van der Waals surface area contributed by atoms with Gasteiger partial charge in [0.1, 0.15) is 0 Å². The molecule has 2 amide bonds. The van der Waals surface area contributed by atoms with E-state index in [0.717, 1.165) is 5.56 Å². The van der Waals surface area contributed by atoms with Crippen molar-refractivity contribution < 1.29 is 18.0 Å². The first-order valence-corrected chi connectivity index (χ1v) is 8.77. The normalized spacial score (nSPS) is 15.5. The summed E-state index contributed by atoms with van der Waals surface area (Å²) in [5.41, 5.74) is 3.14. The second-order valence-corrected chi connectivity index (χ2v) is 7.43. The summed E-state index contributed by atoms with van der Waals surface area (Å²) >= 11 is 0. The molecule has 0 bridgehead atoms. The van der Waals surface area contributed by atoms with E-state index in [1.165, 1.54) is 12.1 Å². The van der Waals surface area contributed by atoms with Crippen molar-refractivity contribution >= 4 is 38.9 Å². The van der Waals surface area contributed by atoms with Crippen molar-refractivity contribution in [1.82, 2.24) is 0 Å². The first-order chi connectivity index (χ1) is 11.4. The SMILES string of the molecule is O=C1Cc2cc(NS(=O)(=O)c3ccc4c(c3)CC(=O)N4)ccc2N1. The highest BCUT2D eigenvalue weighted by Crippen LogP contribution is 2.29. The van der Waals surface area contributed by atoms with Crippen LogP contribution in [0.25, 0.3) is 0 Å². The third-order valence-electron chi connectivity index (χ3n) is 3.99. The van der Waals surface area contributed by atoms with Crippen molar-refractivity contribution in [2.75, 3.05) is 15.4 Å². The van der Waals surface area contributed by atoms with E-state index in [9.17, 15) is 18.0 Å². The molecule has 0 saturated heterocycles. The van der Waals surface area contributed by atoms with Crippen LogP contribution < -0.4 is 15.4 Å². The minimum Gasteiger partial charge on any atom is -0.326 e. The number of rotatable bonds is 3. The highest BCUT2D eigenvalue weighted by molar-refractivity contribution is 7.92. The van der Waals surface area contributed by atoms with Gasteiger partial charge < -0.3 is 10.6 Å². The van der Waals surface area contributed by atoms with Gasteiger partial charge in [0, 0.05) is 17.1 Å². The quantitative estimate of drug-likeness (QED) is 0.785. The molecule has 24 heavy (non-hydrogen) atoms. The fourth-order valence-electron chi connectivity index (χ4n) is 2.88. The molecule has 0 atom stereocenters. The number of nitrogens with one attached hydrogen (secondary N) is 3. The van der Waals surface area contributed by atoms with Crippen molar-refractivity contribution in [2.24, 2.45) is 0 Å². The molecule has 0 saturated carbocycles. The number of sulfonamides is 1. The Morgan fingerprint density at radius 1 is 0.833 bits per heavy atom. The van der Waals surface area contributed by atoms with Gasteiger partial charge >= 0.3 is 0 Å². The molecule has 0 radical (unpaired) electrons. The van der Waals surface area contributed by atoms with Crippen LogP contribution in [0, 0.1) is 0 Å². The fraction of sp³-hybridized carbons (Fsp3) is 0.125. The first-order valence-electron chi connectivity index (χ1n) is 7.29. The summed E-state index contributed by atoms with van der Waals surface area (Å²) in [6.45, 7) is 0. The maximum absolute atomic E-state index is 12.5. The van der Waals surface area contributed by atoms with Gasteiger partial charge in [-0.05, 0) is 47.5 Å². The molecule has 0 unspecified atom stereocenters. The Bertz CT molecular complexity index is 998. The monoisotopic (exact) mass is 343 g/mol. The molecular formula is C16H13N3O4S. The smallest absolute Gasteiger partial charge is 0.261 e.